The summed E-state index contributed by atoms with van der Waals surface area (Å²) in [6.45, 7) is 5.81. The SMILES string of the molecule is N=C(N)c1cccc(CN2CCN3CCCC3C2)c1. The minimum Gasteiger partial charge on any atom is -0.384 e. The second-order valence-electron chi connectivity index (χ2n) is 5.68. The van der Waals surface area contributed by atoms with Crippen molar-refractivity contribution in [2.24, 2.45) is 5.73 Å². The Morgan fingerprint density at radius 2 is 2.21 bits per heavy atom. The third kappa shape index (κ3) is 2.80. The highest BCUT2D eigenvalue weighted by molar-refractivity contribution is 5.95. The molecule has 0 aliphatic carbocycles. The van der Waals surface area contributed by atoms with Gasteiger partial charge in [0, 0.05) is 37.8 Å². The number of rotatable bonds is 3. The van der Waals surface area contributed by atoms with Crippen LogP contribution in [0.2, 0.25) is 0 Å². The number of nitrogens with zero attached hydrogens (tertiary/aromatic N) is 2. The Morgan fingerprint density at radius 1 is 1.32 bits per heavy atom. The zero-order valence-corrected chi connectivity index (χ0v) is 11.3. The maximum Gasteiger partial charge on any atom is 0.122 e. The summed E-state index contributed by atoms with van der Waals surface area (Å²) in [7, 11) is 0. The molecular weight excluding hydrogens is 236 g/mol. The molecule has 1 aromatic rings. The van der Waals surface area contributed by atoms with Crippen molar-refractivity contribution in [2.45, 2.75) is 25.4 Å². The molecule has 2 fully saturated rings. The van der Waals surface area contributed by atoms with E-state index < -0.39 is 0 Å². The minimum absolute atomic E-state index is 0.155. The molecule has 2 aliphatic rings. The van der Waals surface area contributed by atoms with E-state index in [9.17, 15) is 0 Å². The van der Waals surface area contributed by atoms with Gasteiger partial charge in [-0.05, 0) is 31.0 Å². The first-order valence-corrected chi connectivity index (χ1v) is 7.12. The molecule has 102 valence electrons. The highest BCUT2D eigenvalue weighted by Gasteiger charge is 2.30. The Bertz CT molecular complexity index is 471. The monoisotopic (exact) mass is 258 g/mol. The van der Waals surface area contributed by atoms with Gasteiger partial charge in [-0.1, -0.05) is 18.2 Å². The molecule has 4 heteroatoms. The summed E-state index contributed by atoms with van der Waals surface area (Å²) < 4.78 is 0. The van der Waals surface area contributed by atoms with Crippen molar-refractivity contribution in [1.29, 1.82) is 5.41 Å². The molecule has 3 rings (SSSR count). The van der Waals surface area contributed by atoms with Crippen molar-refractivity contribution in [3.05, 3.63) is 35.4 Å². The molecule has 0 bridgehead atoms. The number of nitrogen functional groups attached to an aromatic ring is 1. The fourth-order valence-corrected chi connectivity index (χ4v) is 3.29. The van der Waals surface area contributed by atoms with E-state index in [0.717, 1.165) is 24.7 Å². The minimum atomic E-state index is 0.155. The third-order valence-corrected chi connectivity index (χ3v) is 4.32. The van der Waals surface area contributed by atoms with Crippen LogP contribution in [-0.4, -0.2) is 47.9 Å². The smallest absolute Gasteiger partial charge is 0.122 e. The summed E-state index contributed by atoms with van der Waals surface area (Å²) in [5, 5.41) is 7.51. The highest BCUT2D eigenvalue weighted by atomic mass is 15.3. The lowest BCUT2D eigenvalue weighted by Crippen LogP contribution is -2.49. The Hall–Kier alpha value is -1.39. The van der Waals surface area contributed by atoms with Gasteiger partial charge in [-0.15, -0.1) is 0 Å². The summed E-state index contributed by atoms with van der Waals surface area (Å²) in [6.07, 6.45) is 2.71. The molecule has 2 heterocycles. The average Bonchev–Trinajstić information content (AvgIpc) is 2.86. The summed E-state index contributed by atoms with van der Waals surface area (Å²) in [5.41, 5.74) is 7.64. The molecule has 1 atom stereocenters. The summed E-state index contributed by atoms with van der Waals surface area (Å²) in [6, 6.07) is 8.85. The van der Waals surface area contributed by atoms with Crippen LogP contribution in [0.3, 0.4) is 0 Å². The second kappa shape index (κ2) is 5.31. The molecule has 19 heavy (non-hydrogen) atoms. The topological polar surface area (TPSA) is 56.4 Å². The van der Waals surface area contributed by atoms with E-state index in [2.05, 4.69) is 15.9 Å². The van der Waals surface area contributed by atoms with Crippen molar-refractivity contribution in [1.82, 2.24) is 9.80 Å². The normalized spacial score (nSPS) is 24.3. The standard InChI is InChI=1S/C15H22N4/c16-15(17)13-4-1-3-12(9-13)10-18-7-8-19-6-2-5-14(19)11-18/h1,3-4,9,14H,2,5-8,10-11H2,(H3,16,17). The van der Waals surface area contributed by atoms with E-state index in [-0.39, 0.29) is 5.84 Å². The maximum atomic E-state index is 7.51. The van der Waals surface area contributed by atoms with E-state index >= 15 is 0 Å². The van der Waals surface area contributed by atoms with E-state index in [1.165, 1.54) is 38.0 Å². The van der Waals surface area contributed by atoms with Crippen LogP contribution in [0.1, 0.15) is 24.0 Å². The Kier molecular flexibility index (Phi) is 3.53. The number of hydrogen-bond acceptors (Lipinski definition) is 3. The fourth-order valence-electron chi connectivity index (χ4n) is 3.29. The number of benzene rings is 1. The van der Waals surface area contributed by atoms with Crippen molar-refractivity contribution in [3.8, 4) is 0 Å². The summed E-state index contributed by atoms with van der Waals surface area (Å²) >= 11 is 0. The number of nitrogens with two attached hydrogens (primary N) is 1. The molecule has 2 saturated heterocycles. The summed E-state index contributed by atoms with van der Waals surface area (Å²) in [5.74, 6) is 0.155. The molecule has 1 unspecified atom stereocenters. The van der Waals surface area contributed by atoms with Gasteiger partial charge >= 0.3 is 0 Å². The first kappa shape index (κ1) is 12.6. The van der Waals surface area contributed by atoms with Gasteiger partial charge in [-0.2, -0.15) is 0 Å². The Labute approximate surface area is 114 Å². The first-order valence-electron chi connectivity index (χ1n) is 7.12. The van der Waals surface area contributed by atoms with Gasteiger partial charge in [0.2, 0.25) is 0 Å². The second-order valence-corrected chi connectivity index (χ2v) is 5.68. The lowest BCUT2D eigenvalue weighted by molar-refractivity contribution is 0.0994. The highest BCUT2D eigenvalue weighted by Crippen LogP contribution is 2.22. The van der Waals surface area contributed by atoms with Gasteiger partial charge in [0.25, 0.3) is 0 Å². The molecule has 0 radical (unpaired) electrons. The van der Waals surface area contributed by atoms with Gasteiger partial charge in [-0.25, -0.2) is 0 Å². The van der Waals surface area contributed by atoms with E-state index in [1.807, 2.05) is 18.2 Å². The van der Waals surface area contributed by atoms with Crippen LogP contribution < -0.4 is 5.73 Å². The first-order chi connectivity index (χ1) is 9.22. The van der Waals surface area contributed by atoms with Crippen LogP contribution in [0.15, 0.2) is 24.3 Å². The van der Waals surface area contributed by atoms with Gasteiger partial charge in [-0.3, -0.25) is 15.2 Å². The Balaban J connectivity index is 1.65. The largest absolute Gasteiger partial charge is 0.384 e. The number of fused-ring (bicyclic) bond motifs is 1. The van der Waals surface area contributed by atoms with Crippen LogP contribution in [0.25, 0.3) is 0 Å². The number of nitrogens with one attached hydrogen (secondary N) is 1. The predicted octanol–water partition coefficient (Wildman–Crippen LogP) is 1.25. The fraction of sp³-hybridized carbons (Fsp3) is 0.533. The van der Waals surface area contributed by atoms with Crippen molar-refractivity contribution < 1.29 is 0 Å². The van der Waals surface area contributed by atoms with Gasteiger partial charge in [0.1, 0.15) is 5.84 Å². The maximum absolute atomic E-state index is 7.51. The lowest BCUT2D eigenvalue weighted by Gasteiger charge is -2.37. The molecule has 0 amide bonds. The predicted molar refractivity (Wildman–Crippen MR) is 77.3 cm³/mol. The number of piperazine rings is 1. The van der Waals surface area contributed by atoms with Crippen LogP contribution in [0.5, 0.6) is 0 Å². The lowest BCUT2D eigenvalue weighted by atomic mass is 10.1. The van der Waals surface area contributed by atoms with Crippen LogP contribution in [0.4, 0.5) is 0 Å². The molecule has 3 N–H and O–H groups in total. The van der Waals surface area contributed by atoms with Crippen molar-refractivity contribution in [3.63, 3.8) is 0 Å². The zero-order chi connectivity index (χ0) is 13.2. The van der Waals surface area contributed by atoms with Crippen LogP contribution in [0, 0.1) is 5.41 Å². The molecule has 1 aromatic carbocycles. The quantitative estimate of drug-likeness (QED) is 0.634. The molecule has 2 aliphatic heterocycles. The van der Waals surface area contributed by atoms with E-state index in [0.29, 0.717) is 0 Å². The average molecular weight is 258 g/mol. The van der Waals surface area contributed by atoms with E-state index in [4.69, 9.17) is 11.1 Å². The number of hydrogen-bond donors (Lipinski definition) is 2. The zero-order valence-electron chi connectivity index (χ0n) is 11.3. The van der Waals surface area contributed by atoms with Gasteiger partial charge < -0.3 is 5.73 Å². The number of amidine groups is 1. The molecule has 0 spiro atoms. The summed E-state index contributed by atoms with van der Waals surface area (Å²) in [4.78, 5) is 5.16. The molecular formula is C15H22N4. The van der Waals surface area contributed by atoms with E-state index in [1.54, 1.807) is 0 Å². The third-order valence-electron chi connectivity index (χ3n) is 4.32. The molecule has 0 saturated carbocycles. The van der Waals surface area contributed by atoms with Crippen molar-refractivity contribution in [2.75, 3.05) is 26.2 Å². The Morgan fingerprint density at radius 3 is 3.05 bits per heavy atom. The molecule has 4 nitrogen and oxygen atoms in total. The molecule has 0 aromatic heterocycles. The van der Waals surface area contributed by atoms with Crippen LogP contribution in [-0.2, 0) is 6.54 Å². The van der Waals surface area contributed by atoms with Gasteiger partial charge in [0.15, 0.2) is 0 Å². The van der Waals surface area contributed by atoms with Crippen LogP contribution >= 0.6 is 0 Å². The van der Waals surface area contributed by atoms with Gasteiger partial charge in [0.05, 0.1) is 0 Å². The van der Waals surface area contributed by atoms with Crippen molar-refractivity contribution >= 4 is 5.84 Å².